The lowest BCUT2D eigenvalue weighted by molar-refractivity contribution is -0.0639. The number of halogens is 2. The fraction of sp³-hybridized carbons (Fsp3) is 1.00. The largest absolute Gasteiger partial charge is 0.386 e. The second-order valence-electron chi connectivity index (χ2n) is 20.7. The highest BCUT2D eigenvalue weighted by atomic mass is 32.7. The highest BCUT2D eigenvalue weighted by molar-refractivity contribution is 8.44. The zero-order chi connectivity index (χ0) is 63.4. The lowest BCUT2D eigenvalue weighted by Crippen LogP contribution is -2.39. The average Bonchev–Trinajstić information content (AvgIpc) is 2.90. The first-order chi connectivity index (χ1) is 40.2. The van der Waals surface area contributed by atoms with E-state index in [-0.39, 0.29) is 82.4 Å². The van der Waals surface area contributed by atoms with Crippen molar-refractivity contribution < 1.29 is 136 Å². The van der Waals surface area contributed by atoms with Gasteiger partial charge in [0.2, 0.25) is 0 Å². The molecule has 6 rings (SSSR count). The van der Waals surface area contributed by atoms with Crippen LogP contribution in [0.3, 0.4) is 0 Å². The molecule has 0 spiro atoms. The van der Waals surface area contributed by atoms with E-state index < -0.39 is 124 Å². The second-order valence-corrected chi connectivity index (χ2v) is 29.2. The lowest BCUT2D eigenvalue weighted by atomic mass is 10.1. The van der Waals surface area contributed by atoms with Crippen molar-refractivity contribution in [2.45, 2.75) is 188 Å². The van der Waals surface area contributed by atoms with E-state index in [0.717, 1.165) is 0 Å². The highest BCUT2D eigenvalue weighted by Crippen LogP contribution is 2.56. The van der Waals surface area contributed by atoms with Crippen LogP contribution in [0, 0.1) is 0 Å². The lowest BCUT2D eigenvalue weighted by Gasteiger charge is -2.28. The molecule has 6 fully saturated rings. The van der Waals surface area contributed by atoms with Crippen molar-refractivity contribution in [3.8, 4) is 0 Å². The van der Waals surface area contributed by atoms with E-state index >= 15 is 0 Å². The molecule has 35 heteroatoms. The Hall–Kier alpha value is 0.700. The summed E-state index contributed by atoms with van der Waals surface area (Å²) in [7, 11) is 15.4. The zero-order valence-electron chi connectivity index (χ0n) is 51.4. The van der Waals surface area contributed by atoms with Gasteiger partial charge in [0, 0.05) is 71.1 Å². The van der Waals surface area contributed by atoms with Gasteiger partial charge in [0.1, 0.15) is 97.7 Å². The summed E-state index contributed by atoms with van der Waals surface area (Å²) >= 11 is 14.4. The van der Waals surface area contributed by atoms with Crippen molar-refractivity contribution >= 4 is 56.1 Å². The number of alkyl halides is 2. The Bertz CT molecular complexity index is 2030. The van der Waals surface area contributed by atoms with Crippen LogP contribution < -0.4 is 0 Å². The molecule has 85 heavy (non-hydrogen) atoms. The molecule has 6 heterocycles. The minimum Gasteiger partial charge on any atom is -0.382 e. The third-order valence-corrected chi connectivity index (χ3v) is 19.5. The van der Waals surface area contributed by atoms with Gasteiger partial charge >= 0.3 is 20.2 Å². The van der Waals surface area contributed by atoms with Crippen LogP contribution in [0.2, 0.25) is 0 Å². The van der Waals surface area contributed by atoms with Crippen molar-refractivity contribution in [1.82, 2.24) is 0 Å². The van der Waals surface area contributed by atoms with Gasteiger partial charge in [-0.05, 0) is 65.2 Å². The van der Waals surface area contributed by atoms with Gasteiger partial charge in [-0.1, -0.05) is 12.2 Å². The Balaban J connectivity index is 0.000000276. The number of hydrogen-bond donors (Lipinski definition) is 3. The molecule has 0 radical (unpaired) electrons. The molecule has 0 saturated carbocycles. The van der Waals surface area contributed by atoms with Gasteiger partial charge in [-0.2, -0.15) is 0 Å². The highest BCUT2D eigenvalue weighted by Gasteiger charge is 2.52. The van der Waals surface area contributed by atoms with Crippen LogP contribution in [0.25, 0.3) is 0 Å². The summed E-state index contributed by atoms with van der Waals surface area (Å²) in [6.07, 6.45) is -13.8. The van der Waals surface area contributed by atoms with E-state index in [2.05, 4.69) is 12.2 Å². The van der Waals surface area contributed by atoms with Gasteiger partial charge in [0.15, 0.2) is 12.3 Å². The maximum Gasteiger partial charge on any atom is 0.386 e. The van der Waals surface area contributed by atoms with E-state index in [1.54, 1.807) is 70.7 Å². The number of ether oxygens (including phenoxy) is 18. The molecular formula is C50H95F2O27P3S3. The van der Waals surface area contributed by atoms with Crippen LogP contribution in [0.1, 0.15) is 41.5 Å². The van der Waals surface area contributed by atoms with Crippen molar-refractivity contribution in [1.29, 1.82) is 0 Å². The van der Waals surface area contributed by atoms with Crippen LogP contribution >= 0.6 is 32.5 Å². The normalized spacial score (nSPS) is 40.3. The quantitative estimate of drug-likeness (QED) is 0.0464. The van der Waals surface area contributed by atoms with Crippen LogP contribution in [0.5, 0.6) is 0 Å². The molecule has 0 bridgehead atoms. The molecule has 6 aliphatic rings. The van der Waals surface area contributed by atoms with E-state index in [9.17, 15) is 23.1 Å². The summed E-state index contributed by atoms with van der Waals surface area (Å²) < 4.78 is 172. The summed E-state index contributed by atoms with van der Waals surface area (Å²) in [6.45, 7) is 1.42. The SMILES string of the molecule is COCCO[C@@H]1[C@H](OC)[C@@H](COP(O)(=S)O[C@H]2[C@@H](OCCOC)[C@H](C)O[C@@H]2COC)O[C@H]1C.COC[C@H]1O[C@@H](C)[C@H](F)[C@@H]1OP(=O)(S)OC[C@H]1O[C@@H](C)[C@H](F)[C@@H]1OC.COC[C@H]1O[C@@H](C)[C@H](OC)[C@@H]1OP(O)(=S)OC[C@H]1O[C@@H](C)[C@H](OC)[C@@H]1OC. The van der Waals surface area contributed by atoms with Crippen molar-refractivity contribution in [2.24, 2.45) is 0 Å². The number of methoxy groups -OCH3 is 10. The smallest absolute Gasteiger partial charge is 0.382 e. The van der Waals surface area contributed by atoms with Gasteiger partial charge in [0.25, 0.3) is 0 Å². The number of thiol groups is 1. The topological polar surface area (TPSA) is 279 Å². The molecule has 0 aromatic rings. The van der Waals surface area contributed by atoms with Crippen LogP contribution in [0.15, 0.2) is 0 Å². The molecule has 27 atom stereocenters. The minimum atomic E-state index is -3.93. The van der Waals surface area contributed by atoms with Gasteiger partial charge in [0.05, 0.1) is 103 Å². The fourth-order valence-electron chi connectivity index (χ4n) is 10.7. The van der Waals surface area contributed by atoms with Gasteiger partial charge in [-0.15, -0.1) is 0 Å². The molecule has 3 unspecified atom stereocenters. The maximum absolute atomic E-state index is 14.2. The van der Waals surface area contributed by atoms with Gasteiger partial charge < -0.3 is 104 Å². The molecule has 0 aromatic carbocycles. The van der Waals surface area contributed by atoms with Crippen molar-refractivity contribution in [3.63, 3.8) is 0 Å². The monoisotopic (exact) mass is 1350 g/mol. The summed E-state index contributed by atoms with van der Waals surface area (Å²) in [5, 5.41) is 0. The summed E-state index contributed by atoms with van der Waals surface area (Å²) in [5.74, 6) is 0. The van der Waals surface area contributed by atoms with Crippen LogP contribution in [-0.2, 0) is 141 Å². The third kappa shape index (κ3) is 23.0. The molecule has 2 N–H and O–H groups in total. The fourth-order valence-corrected chi connectivity index (χ4v) is 15.0. The average molecular weight is 1360 g/mol. The molecule has 0 aromatic heterocycles. The molecule has 0 amide bonds. The minimum absolute atomic E-state index is 0.0198. The molecule has 27 nitrogen and oxygen atoms in total. The molecule has 6 aliphatic heterocycles. The van der Waals surface area contributed by atoms with Crippen molar-refractivity contribution in [2.75, 3.05) is 137 Å². The Morgan fingerprint density at radius 1 is 0.376 bits per heavy atom. The zero-order valence-corrected chi connectivity index (χ0v) is 56.6. The van der Waals surface area contributed by atoms with E-state index in [1.165, 1.54) is 14.2 Å². The molecule has 504 valence electrons. The standard InChI is InChI=1S/C20H39O11PS.C16H31O9PS.C14H25F2O7PS/c1-13-17(26-9-7-22-3)19(25-6)16(30-13)12-28-32(21,33)31-20-15(11-24-5)29-14(2)18(20)27-10-8-23-4;1-9-13(19-4)15(21-6)12(24-9)8-22-26(17,27)25-16-11(7-18-3)23-10(2)14(16)20-5;1-7-11(15)13(19-4)10(22-7)6-20-24(17,25)23-14-9(5-18-3)21-8(2)12(14)16/h13-20H,7-12H2,1-6H3,(H,21,33);9-16H,7-8H2,1-6H3,(H,17,27);7-14H,5-6H2,1-4H3,(H,17,25)/t13-,14-,15+,16+,17-,18-,19+,20+,32?;9-,10-,11+,12+,13-,14-,15+,16+,26?;7-,8-,9+,10+,11-,12-,13+,14+,24?/m000/s1. The first-order valence-electron chi connectivity index (χ1n) is 27.7. The predicted molar refractivity (Wildman–Crippen MR) is 311 cm³/mol. The summed E-state index contributed by atoms with van der Waals surface area (Å²) in [5.41, 5.74) is 0. The molecule has 0 aliphatic carbocycles. The first kappa shape index (κ1) is 78.1. The van der Waals surface area contributed by atoms with E-state index in [4.69, 9.17) is 136 Å². The first-order valence-corrected chi connectivity index (χ1v) is 35.6. The Morgan fingerprint density at radius 3 is 1.06 bits per heavy atom. The summed E-state index contributed by atoms with van der Waals surface area (Å²) in [4.78, 5) is 21.4. The number of rotatable bonds is 34. The van der Waals surface area contributed by atoms with Crippen LogP contribution in [0.4, 0.5) is 8.78 Å². The molecule has 6 saturated heterocycles. The summed E-state index contributed by atoms with van der Waals surface area (Å²) in [6, 6.07) is 0. The van der Waals surface area contributed by atoms with Crippen molar-refractivity contribution in [3.05, 3.63) is 0 Å². The Morgan fingerprint density at radius 2 is 0.671 bits per heavy atom. The maximum atomic E-state index is 14.2. The Labute approximate surface area is 514 Å². The van der Waals surface area contributed by atoms with Gasteiger partial charge in [-0.25, -0.2) is 13.3 Å². The third-order valence-electron chi connectivity index (χ3n) is 14.7. The predicted octanol–water partition coefficient (Wildman–Crippen LogP) is 4.11. The van der Waals surface area contributed by atoms with Crippen LogP contribution in [-0.4, -0.2) is 294 Å². The van der Waals surface area contributed by atoms with Gasteiger partial charge in [-0.3, -0.25) is 18.1 Å². The number of hydrogen-bond acceptors (Lipinski definition) is 27. The second kappa shape index (κ2) is 38.2. The van der Waals surface area contributed by atoms with E-state index in [0.29, 0.717) is 26.4 Å². The Kier molecular flexibility index (Phi) is 35.1. The van der Waals surface area contributed by atoms with E-state index in [1.807, 2.05) is 27.7 Å². The molecular weight excluding hydrogens is 1260 g/mol.